The summed E-state index contributed by atoms with van der Waals surface area (Å²) in [6.07, 6.45) is 1.08. The smallest absolute Gasteiger partial charge is 0.0516 e. The first-order valence-corrected chi connectivity index (χ1v) is 7.99. The summed E-state index contributed by atoms with van der Waals surface area (Å²) < 4.78 is 1.09. The zero-order valence-corrected chi connectivity index (χ0v) is 14.1. The van der Waals surface area contributed by atoms with E-state index in [1.807, 2.05) is 12.1 Å². The van der Waals surface area contributed by atoms with Gasteiger partial charge in [-0.1, -0.05) is 53.5 Å². The van der Waals surface area contributed by atoms with E-state index in [0.717, 1.165) is 21.6 Å². The average molecular weight is 353 g/mol. The minimum Gasteiger partial charge on any atom is -0.378 e. The summed E-state index contributed by atoms with van der Waals surface area (Å²) in [5, 5.41) is 4.39. The van der Waals surface area contributed by atoms with Crippen LogP contribution in [0.1, 0.15) is 31.9 Å². The molecule has 0 bridgehead atoms. The van der Waals surface area contributed by atoms with Crippen LogP contribution >= 0.6 is 27.5 Å². The number of nitrogens with one attached hydrogen (secondary N) is 1. The summed E-state index contributed by atoms with van der Waals surface area (Å²) in [5.41, 5.74) is 2.40. The SMILES string of the molecule is CC(C)CC(Nc1ccc(Br)cc1)c1ccc(Cl)cc1. The van der Waals surface area contributed by atoms with Gasteiger partial charge in [-0.3, -0.25) is 0 Å². The van der Waals surface area contributed by atoms with Crippen LogP contribution in [0.3, 0.4) is 0 Å². The van der Waals surface area contributed by atoms with E-state index in [4.69, 9.17) is 11.6 Å². The second kappa shape index (κ2) is 7.14. The molecule has 20 heavy (non-hydrogen) atoms. The molecule has 0 aliphatic carbocycles. The minimum absolute atomic E-state index is 0.299. The Morgan fingerprint density at radius 2 is 1.60 bits per heavy atom. The van der Waals surface area contributed by atoms with Gasteiger partial charge in [-0.15, -0.1) is 0 Å². The van der Waals surface area contributed by atoms with Gasteiger partial charge in [0.15, 0.2) is 0 Å². The van der Waals surface area contributed by atoms with E-state index in [1.165, 1.54) is 5.56 Å². The number of hydrogen-bond acceptors (Lipinski definition) is 1. The van der Waals surface area contributed by atoms with Gasteiger partial charge in [0.25, 0.3) is 0 Å². The van der Waals surface area contributed by atoms with Gasteiger partial charge in [0.05, 0.1) is 6.04 Å². The molecule has 2 rings (SSSR count). The molecule has 0 fully saturated rings. The van der Waals surface area contributed by atoms with Crippen molar-refractivity contribution in [3.63, 3.8) is 0 Å². The average Bonchev–Trinajstić information content (AvgIpc) is 2.41. The summed E-state index contributed by atoms with van der Waals surface area (Å²) in [6.45, 7) is 4.48. The molecule has 2 aromatic rings. The highest BCUT2D eigenvalue weighted by Crippen LogP contribution is 2.27. The van der Waals surface area contributed by atoms with Crippen molar-refractivity contribution in [1.29, 1.82) is 0 Å². The summed E-state index contributed by atoms with van der Waals surface area (Å²) in [7, 11) is 0. The van der Waals surface area contributed by atoms with Gasteiger partial charge in [-0.25, -0.2) is 0 Å². The highest BCUT2D eigenvalue weighted by atomic mass is 79.9. The zero-order valence-electron chi connectivity index (χ0n) is 11.7. The molecule has 2 aromatic carbocycles. The van der Waals surface area contributed by atoms with E-state index in [0.29, 0.717) is 12.0 Å². The number of halogens is 2. The van der Waals surface area contributed by atoms with Crippen molar-refractivity contribution in [2.24, 2.45) is 5.92 Å². The van der Waals surface area contributed by atoms with E-state index >= 15 is 0 Å². The molecule has 1 N–H and O–H groups in total. The predicted octanol–water partition coefficient (Wildman–Crippen LogP) is 6.30. The third-order valence-corrected chi connectivity index (χ3v) is 3.95. The van der Waals surface area contributed by atoms with Crippen LogP contribution in [0.25, 0.3) is 0 Å². The molecular formula is C17H19BrClN. The van der Waals surface area contributed by atoms with E-state index in [1.54, 1.807) is 0 Å². The molecule has 3 heteroatoms. The van der Waals surface area contributed by atoms with Crippen molar-refractivity contribution < 1.29 is 0 Å². The lowest BCUT2D eigenvalue weighted by Crippen LogP contribution is -2.13. The third kappa shape index (κ3) is 4.53. The monoisotopic (exact) mass is 351 g/mol. The van der Waals surface area contributed by atoms with E-state index in [9.17, 15) is 0 Å². The van der Waals surface area contributed by atoms with E-state index < -0.39 is 0 Å². The standard InChI is InChI=1S/C17H19BrClN/c1-12(2)11-17(13-3-7-15(19)8-4-13)20-16-9-5-14(18)6-10-16/h3-10,12,17,20H,11H2,1-2H3. The maximum absolute atomic E-state index is 5.97. The van der Waals surface area contributed by atoms with Gasteiger partial charge < -0.3 is 5.32 Å². The highest BCUT2D eigenvalue weighted by Gasteiger charge is 2.13. The molecule has 1 unspecified atom stereocenters. The van der Waals surface area contributed by atoms with Crippen LogP contribution in [0.2, 0.25) is 5.02 Å². The molecular weight excluding hydrogens is 334 g/mol. The summed E-state index contributed by atoms with van der Waals surface area (Å²) in [5.74, 6) is 0.624. The fourth-order valence-corrected chi connectivity index (χ4v) is 2.58. The molecule has 0 saturated heterocycles. The molecule has 0 aromatic heterocycles. The van der Waals surface area contributed by atoms with Crippen LogP contribution in [0.15, 0.2) is 53.0 Å². The van der Waals surface area contributed by atoms with Crippen molar-refractivity contribution in [2.75, 3.05) is 5.32 Å². The van der Waals surface area contributed by atoms with E-state index in [2.05, 4.69) is 71.5 Å². The Hall–Kier alpha value is -0.990. The summed E-state index contributed by atoms with van der Waals surface area (Å²) >= 11 is 9.44. The number of anilines is 1. The van der Waals surface area contributed by atoms with Crippen molar-refractivity contribution in [3.8, 4) is 0 Å². The largest absolute Gasteiger partial charge is 0.378 e. The van der Waals surface area contributed by atoms with Crippen LogP contribution in [0.5, 0.6) is 0 Å². The lowest BCUT2D eigenvalue weighted by atomic mass is 9.97. The quantitative estimate of drug-likeness (QED) is 0.665. The molecule has 0 aliphatic heterocycles. The lowest BCUT2D eigenvalue weighted by molar-refractivity contribution is 0.531. The number of benzene rings is 2. The van der Waals surface area contributed by atoms with Gasteiger partial charge in [0.1, 0.15) is 0 Å². The molecule has 0 heterocycles. The Bertz CT molecular complexity index is 534. The van der Waals surface area contributed by atoms with Crippen molar-refractivity contribution in [1.82, 2.24) is 0 Å². The van der Waals surface area contributed by atoms with Gasteiger partial charge >= 0.3 is 0 Å². The highest BCUT2D eigenvalue weighted by molar-refractivity contribution is 9.10. The summed E-state index contributed by atoms with van der Waals surface area (Å²) in [6, 6.07) is 16.7. The van der Waals surface area contributed by atoms with E-state index in [-0.39, 0.29) is 0 Å². The summed E-state index contributed by atoms with van der Waals surface area (Å²) in [4.78, 5) is 0. The third-order valence-electron chi connectivity index (χ3n) is 3.16. The van der Waals surface area contributed by atoms with Crippen molar-refractivity contribution >= 4 is 33.2 Å². The predicted molar refractivity (Wildman–Crippen MR) is 91.4 cm³/mol. The van der Waals surface area contributed by atoms with Crippen LogP contribution in [-0.4, -0.2) is 0 Å². The Balaban J connectivity index is 2.18. The fraction of sp³-hybridized carbons (Fsp3) is 0.294. The lowest BCUT2D eigenvalue weighted by Gasteiger charge is -2.22. The van der Waals surface area contributed by atoms with Crippen molar-refractivity contribution in [3.05, 3.63) is 63.6 Å². The molecule has 0 saturated carbocycles. The van der Waals surface area contributed by atoms with Crippen LogP contribution in [0.4, 0.5) is 5.69 Å². The first kappa shape index (κ1) is 15.4. The molecule has 1 atom stereocenters. The van der Waals surface area contributed by atoms with Crippen LogP contribution in [0, 0.1) is 5.92 Å². The number of rotatable bonds is 5. The minimum atomic E-state index is 0.299. The van der Waals surface area contributed by atoms with Crippen LogP contribution in [-0.2, 0) is 0 Å². The number of hydrogen-bond donors (Lipinski definition) is 1. The van der Waals surface area contributed by atoms with Gasteiger partial charge in [-0.2, -0.15) is 0 Å². The molecule has 0 radical (unpaired) electrons. The molecule has 0 aliphatic rings. The van der Waals surface area contributed by atoms with Crippen LogP contribution < -0.4 is 5.32 Å². The maximum Gasteiger partial charge on any atom is 0.0516 e. The Morgan fingerprint density at radius 1 is 1.00 bits per heavy atom. The Kier molecular flexibility index (Phi) is 5.50. The topological polar surface area (TPSA) is 12.0 Å². The first-order chi connectivity index (χ1) is 9.54. The molecule has 1 nitrogen and oxygen atoms in total. The Morgan fingerprint density at radius 3 is 2.15 bits per heavy atom. The maximum atomic E-state index is 5.97. The second-order valence-electron chi connectivity index (χ2n) is 5.38. The first-order valence-electron chi connectivity index (χ1n) is 6.82. The van der Waals surface area contributed by atoms with Gasteiger partial charge in [0.2, 0.25) is 0 Å². The van der Waals surface area contributed by atoms with Gasteiger partial charge in [0, 0.05) is 15.2 Å². The second-order valence-corrected chi connectivity index (χ2v) is 6.74. The Labute approximate surface area is 134 Å². The molecule has 0 spiro atoms. The molecule has 0 amide bonds. The zero-order chi connectivity index (χ0) is 14.5. The molecule has 106 valence electrons. The van der Waals surface area contributed by atoms with Crippen molar-refractivity contribution in [2.45, 2.75) is 26.3 Å². The normalized spacial score (nSPS) is 12.4. The van der Waals surface area contributed by atoms with Gasteiger partial charge in [-0.05, 0) is 54.3 Å². The fourth-order valence-electron chi connectivity index (χ4n) is 2.19.